The Balaban J connectivity index is 5.18. The number of hydrogen-bond acceptors (Lipinski definition) is 1. The van der Waals surface area contributed by atoms with Crippen LogP contribution >= 0.6 is 0 Å². The summed E-state index contributed by atoms with van der Waals surface area (Å²) in [7, 11) is -3.51. The van der Waals surface area contributed by atoms with E-state index in [1.54, 1.807) is 0 Å². The van der Waals surface area contributed by atoms with Crippen molar-refractivity contribution in [1.82, 2.24) is 0 Å². The van der Waals surface area contributed by atoms with Gasteiger partial charge in [0.15, 0.2) is 16.6 Å². The maximum absolute atomic E-state index is 7.82. The largest absolute Gasteiger partial charge is 0.455 e. The molecule has 0 bridgehead atoms. The highest BCUT2D eigenvalue weighted by Gasteiger charge is 2.40. The molecule has 0 aliphatic heterocycles. The Kier molecular flexibility index (Phi) is 42.8. The highest BCUT2D eigenvalue weighted by Crippen LogP contribution is 2.39. The fourth-order valence-corrected chi connectivity index (χ4v) is 20.1. The molecule has 0 aromatic heterocycles. The summed E-state index contributed by atoms with van der Waals surface area (Å²) in [5.41, 5.74) is 0.864. The molecule has 332 valence electrons. The summed E-state index contributed by atoms with van der Waals surface area (Å²) >= 11 is 0. The van der Waals surface area contributed by atoms with Crippen LogP contribution in [0.5, 0.6) is 0 Å². The Hall–Kier alpha value is 0.394. The van der Waals surface area contributed by atoms with E-state index in [1.807, 2.05) is 0 Å². The highest BCUT2D eigenvalue weighted by molar-refractivity contribution is 6.86. The zero-order valence-corrected chi connectivity index (χ0v) is 42.1. The average Bonchev–Trinajstić information content (AvgIpc) is 3.16. The lowest BCUT2D eigenvalue weighted by Crippen LogP contribution is -2.49. The standard InChI is InChI=1S/C52H110OSi2/c1-8-12-16-20-24-28-32-36-40-44-48-52(49-45-41-37-33-29-25-21-17-13-9-2)54(5,6)53-55(7,50-46-42-38-34-30-26-22-18-14-10-3)51-47-43-39-35-31-27-23-19-15-11-4/h52H,8-51H2,1-7H3. The summed E-state index contributed by atoms with van der Waals surface area (Å²) in [6, 6.07) is 2.86. The summed E-state index contributed by atoms with van der Waals surface area (Å²) in [4.78, 5) is 0. The molecule has 0 aromatic carbocycles. The van der Waals surface area contributed by atoms with Crippen molar-refractivity contribution in [3.63, 3.8) is 0 Å². The Bertz CT molecular complexity index is 674. The van der Waals surface area contributed by atoms with Gasteiger partial charge in [0.25, 0.3) is 0 Å². The molecule has 0 atom stereocenters. The SMILES string of the molecule is CCCCCCCCCCCCC(CCCCCCCCCCCC)[Si](C)(C)O[Si](C)(CCCCCCCCCCCC)CCCCCCCCCCCC. The van der Waals surface area contributed by atoms with Gasteiger partial charge in [0.1, 0.15) is 0 Å². The molecule has 0 heterocycles. The van der Waals surface area contributed by atoms with Crippen LogP contribution in [0.25, 0.3) is 0 Å². The van der Waals surface area contributed by atoms with Gasteiger partial charge in [-0.05, 0) is 37.3 Å². The minimum atomic E-state index is -1.79. The second-order valence-corrected chi connectivity index (χ2v) is 28.4. The normalized spacial score (nSPS) is 12.4. The summed E-state index contributed by atoms with van der Waals surface area (Å²) < 4.78 is 7.82. The third-order valence-corrected chi connectivity index (χ3v) is 22.9. The molecule has 0 spiro atoms. The van der Waals surface area contributed by atoms with Crippen LogP contribution in [0.4, 0.5) is 0 Å². The van der Waals surface area contributed by atoms with Crippen molar-refractivity contribution in [2.24, 2.45) is 0 Å². The van der Waals surface area contributed by atoms with Gasteiger partial charge in [0.2, 0.25) is 0 Å². The van der Waals surface area contributed by atoms with E-state index >= 15 is 0 Å². The lowest BCUT2D eigenvalue weighted by molar-refractivity contribution is 0.452. The number of unbranched alkanes of at least 4 members (excludes halogenated alkanes) is 36. The molecular formula is C52H110OSi2. The predicted molar refractivity (Wildman–Crippen MR) is 260 cm³/mol. The second kappa shape index (κ2) is 42.5. The van der Waals surface area contributed by atoms with Crippen LogP contribution in [0.15, 0.2) is 0 Å². The molecule has 0 aromatic rings. The van der Waals surface area contributed by atoms with Gasteiger partial charge in [-0.3, -0.25) is 0 Å². The van der Waals surface area contributed by atoms with Gasteiger partial charge in [0, 0.05) is 0 Å². The predicted octanol–water partition coefficient (Wildman–Crippen LogP) is 20.6. The van der Waals surface area contributed by atoms with Crippen molar-refractivity contribution in [3.05, 3.63) is 0 Å². The van der Waals surface area contributed by atoms with E-state index in [9.17, 15) is 0 Å². The van der Waals surface area contributed by atoms with E-state index in [2.05, 4.69) is 47.3 Å². The Morgan fingerprint density at radius 1 is 0.273 bits per heavy atom. The van der Waals surface area contributed by atoms with E-state index in [1.165, 1.54) is 282 Å². The van der Waals surface area contributed by atoms with Crippen molar-refractivity contribution in [2.75, 3.05) is 0 Å². The molecular weight excluding hydrogens is 697 g/mol. The van der Waals surface area contributed by atoms with Gasteiger partial charge >= 0.3 is 0 Å². The smallest absolute Gasteiger partial charge is 0.176 e. The van der Waals surface area contributed by atoms with Gasteiger partial charge in [-0.2, -0.15) is 0 Å². The lowest BCUT2D eigenvalue weighted by atomic mass is 10.0. The summed E-state index contributed by atoms with van der Waals surface area (Å²) in [5, 5.41) is 0. The molecule has 3 heteroatoms. The Labute approximate surface area is 353 Å². The zero-order valence-electron chi connectivity index (χ0n) is 40.1. The van der Waals surface area contributed by atoms with Crippen molar-refractivity contribution >= 4 is 16.6 Å². The van der Waals surface area contributed by atoms with Crippen molar-refractivity contribution < 1.29 is 4.12 Å². The number of hydrogen-bond donors (Lipinski definition) is 0. The third kappa shape index (κ3) is 38.4. The lowest BCUT2D eigenvalue weighted by Gasteiger charge is -2.41. The Morgan fingerprint density at radius 2 is 0.473 bits per heavy atom. The van der Waals surface area contributed by atoms with Crippen molar-refractivity contribution in [3.8, 4) is 0 Å². The van der Waals surface area contributed by atoms with E-state index in [4.69, 9.17) is 4.12 Å². The van der Waals surface area contributed by atoms with E-state index in [0.717, 1.165) is 5.54 Å². The average molecular weight is 808 g/mol. The highest BCUT2D eigenvalue weighted by atomic mass is 28.4. The molecule has 0 amide bonds. The van der Waals surface area contributed by atoms with Crippen LogP contribution in [0, 0.1) is 0 Å². The molecule has 0 radical (unpaired) electrons. The fraction of sp³-hybridized carbons (Fsp3) is 1.00. The molecule has 0 fully saturated rings. The topological polar surface area (TPSA) is 9.23 Å². The molecule has 0 N–H and O–H groups in total. The zero-order chi connectivity index (χ0) is 40.4. The minimum Gasteiger partial charge on any atom is -0.455 e. The molecule has 0 saturated carbocycles. The molecule has 0 saturated heterocycles. The third-order valence-electron chi connectivity index (χ3n) is 13.4. The minimum absolute atomic E-state index is 0.864. The molecule has 1 nitrogen and oxygen atoms in total. The maximum atomic E-state index is 7.82. The Morgan fingerprint density at radius 3 is 0.709 bits per heavy atom. The summed E-state index contributed by atoms with van der Waals surface area (Å²) in [5.74, 6) is 0. The first kappa shape index (κ1) is 55.4. The van der Waals surface area contributed by atoms with E-state index in [0.29, 0.717) is 0 Å². The van der Waals surface area contributed by atoms with Crippen LogP contribution in [0.3, 0.4) is 0 Å². The first-order chi connectivity index (χ1) is 26.8. The van der Waals surface area contributed by atoms with Gasteiger partial charge in [-0.1, -0.05) is 297 Å². The van der Waals surface area contributed by atoms with Gasteiger partial charge in [0.05, 0.1) is 0 Å². The van der Waals surface area contributed by atoms with Gasteiger partial charge in [-0.15, -0.1) is 0 Å². The van der Waals surface area contributed by atoms with E-state index < -0.39 is 16.6 Å². The summed E-state index contributed by atoms with van der Waals surface area (Å²) in [6.45, 7) is 17.4. The molecule has 0 rings (SSSR count). The maximum Gasteiger partial charge on any atom is 0.176 e. The first-order valence-electron chi connectivity index (χ1n) is 26.5. The second-order valence-electron chi connectivity index (χ2n) is 19.7. The van der Waals surface area contributed by atoms with E-state index in [-0.39, 0.29) is 0 Å². The van der Waals surface area contributed by atoms with Crippen LogP contribution in [-0.4, -0.2) is 16.6 Å². The van der Waals surface area contributed by atoms with Crippen LogP contribution in [0.2, 0.25) is 37.3 Å². The van der Waals surface area contributed by atoms with Gasteiger partial charge in [-0.25, -0.2) is 0 Å². The first-order valence-corrected chi connectivity index (χ1v) is 32.4. The van der Waals surface area contributed by atoms with Crippen molar-refractivity contribution in [1.29, 1.82) is 0 Å². The van der Waals surface area contributed by atoms with Crippen LogP contribution < -0.4 is 0 Å². The van der Waals surface area contributed by atoms with Crippen LogP contribution in [0.1, 0.15) is 297 Å². The molecule has 0 aliphatic carbocycles. The molecule has 0 aliphatic rings. The molecule has 0 unspecified atom stereocenters. The summed E-state index contributed by atoms with van der Waals surface area (Å²) in [6.07, 6.45) is 60.8. The van der Waals surface area contributed by atoms with Crippen LogP contribution in [-0.2, 0) is 4.12 Å². The quantitative estimate of drug-likeness (QED) is 0.0440. The fourth-order valence-electron chi connectivity index (χ4n) is 9.51. The molecule has 55 heavy (non-hydrogen) atoms. The van der Waals surface area contributed by atoms with Gasteiger partial charge < -0.3 is 4.12 Å². The number of rotatable bonds is 47. The van der Waals surface area contributed by atoms with Crippen molar-refractivity contribution in [2.45, 2.75) is 335 Å². The monoisotopic (exact) mass is 807 g/mol.